The van der Waals surface area contributed by atoms with E-state index >= 15 is 0 Å². The molecule has 0 aliphatic rings. The molecule has 2 nitrogen and oxygen atoms in total. The van der Waals surface area contributed by atoms with Crippen molar-refractivity contribution in [1.29, 1.82) is 0 Å². The van der Waals surface area contributed by atoms with Gasteiger partial charge in [-0.1, -0.05) is 6.07 Å². The highest BCUT2D eigenvalue weighted by Crippen LogP contribution is 2.02. The number of hydrogen-bond donors (Lipinski definition) is 0. The number of nitrogens with zero attached hydrogens (tertiary/aromatic N) is 2. The van der Waals surface area contributed by atoms with Crippen LogP contribution >= 0.6 is 0 Å². The van der Waals surface area contributed by atoms with Crippen LogP contribution in [0.4, 0.5) is 0 Å². The van der Waals surface area contributed by atoms with Crippen molar-refractivity contribution in [2.24, 2.45) is 7.05 Å². The average molecular weight is 147 g/mol. The Hall–Kier alpha value is -1.31. The summed E-state index contributed by atoms with van der Waals surface area (Å²) in [4.78, 5) is 0. The smallest absolute Gasteiger partial charge is 0.239 e. The van der Waals surface area contributed by atoms with Crippen LogP contribution in [0.15, 0.2) is 30.9 Å². The van der Waals surface area contributed by atoms with Crippen LogP contribution < -0.4 is 4.57 Å². The van der Waals surface area contributed by atoms with Gasteiger partial charge in [0.25, 0.3) is 0 Å². The van der Waals surface area contributed by atoms with Crippen molar-refractivity contribution in [2.75, 3.05) is 0 Å². The highest BCUT2D eigenvalue weighted by atomic mass is 15.1. The second-order valence-corrected chi connectivity index (χ2v) is 2.95. The van der Waals surface area contributed by atoms with Gasteiger partial charge in [0.15, 0.2) is 5.52 Å². The monoisotopic (exact) mass is 147 g/mol. The summed E-state index contributed by atoms with van der Waals surface area (Å²) in [5.41, 5.74) is 2.52. The van der Waals surface area contributed by atoms with Crippen LogP contribution in [0.25, 0.3) is 5.52 Å². The van der Waals surface area contributed by atoms with Gasteiger partial charge in [0.2, 0.25) is 6.33 Å². The molecular formula is C9H11N2+. The van der Waals surface area contributed by atoms with Crippen LogP contribution in [0.2, 0.25) is 0 Å². The zero-order chi connectivity index (χ0) is 7.84. The lowest BCUT2D eigenvalue weighted by atomic mass is 10.3. The second-order valence-electron chi connectivity index (χ2n) is 2.95. The van der Waals surface area contributed by atoms with E-state index in [1.165, 1.54) is 11.1 Å². The van der Waals surface area contributed by atoms with Gasteiger partial charge in [-0.15, -0.1) is 0 Å². The summed E-state index contributed by atoms with van der Waals surface area (Å²) in [5.74, 6) is 0. The summed E-state index contributed by atoms with van der Waals surface area (Å²) in [6.07, 6.45) is 6.27. The van der Waals surface area contributed by atoms with Crippen LogP contribution in [0.5, 0.6) is 0 Å². The van der Waals surface area contributed by atoms with Crippen LogP contribution in [-0.4, -0.2) is 4.40 Å². The molecule has 0 spiro atoms. The fraction of sp³-hybridized carbons (Fsp3) is 0.222. The maximum atomic E-state index is 2.12. The van der Waals surface area contributed by atoms with E-state index in [0.717, 1.165) is 0 Å². The van der Waals surface area contributed by atoms with E-state index in [2.05, 4.69) is 46.7 Å². The molecule has 0 radical (unpaired) electrons. The van der Waals surface area contributed by atoms with Gasteiger partial charge in [-0.05, 0) is 18.6 Å². The number of hydrogen-bond acceptors (Lipinski definition) is 0. The number of imidazole rings is 1. The summed E-state index contributed by atoms with van der Waals surface area (Å²) >= 11 is 0. The standard InChI is InChI=1S/C9H11N2/c1-8-3-4-9-6-10(2)7-11(9)5-8/h3-7H,1-2H3/q+1. The van der Waals surface area contributed by atoms with Crippen molar-refractivity contribution in [2.45, 2.75) is 6.92 Å². The van der Waals surface area contributed by atoms with Gasteiger partial charge < -0.3 is 0 Å². The Morgan fingerprint density at radius 3 is 3.00 bits per heavy atom. The Kier molecular flexibility index (Phi) is 1.22. The van der Waals surface area contributed by atoms with Crippen LogP contribution in [0.1, 0.15) is 5.56 Å². The first kappa shape index (κ1) is 6.40. The Morgan fingerprint density at radius 2 is 2.18 bits per heavy atom. The maximum Gasteiger partial charge on any atom is 0.248 e. The van der Waals surface area contributed by atoms with E-state index in [-0.39, 0.29) is 0 Å². The Bertz CT molecular complexity index is 387. The van der Waals surface area contributed by atoms with Gasteiger partial charge in [-0.2, -0.15) is 0 Å². The van der Waals surface area contributed by atoms with Gasteiger partial charge in [-0.3, -0.25) is 0 Å². The van der Waals surface area contributed by atoms with E-state index < -0.39 is 0 Å². The minimum absolute atomic E-state index is 1.23. The highest BCUT2D eigenvalue weighted by Gasteiger charge is 2.00. The van der Waals surface area contributed by atoms with Gasteiger partial charge in [-0.25, -0.2) is 8.97 Å². The highest BCUT2D eigenvalue weighted by molar-refractivity contribution is 5.43. The maximum absolute atomic E-state index is 2.12. The molecule has 0 aromatic carbocycles. The molecule has 56 valence electrons. The average Bonchev–Trinajstić information content (AvgIpc) is 2.27. The SMILES string of the molecule is Cc1ccc2c[n+](C)cn2c1. The predicted octanol–water partition coefficient (Wildman–Crippen LogP) is 1.07. The Balaban J connectivity index is 2.82. The van der Waals surface area contributed by atoms with Crippen molar-refractivity contribution in [1.82, 2.24) is 4.40 Å². The zero-order valence-corrected chi connectivity index (χ0v) is 6.78. The lowest BCUT2D eigenvalue weighted by Gasteiger charge is -1.86. The Labute approximate surface area is 65.7 Å². The van der Waals surface area contributed by atoms with Crippen LogP contribution in [0.3, 0.4) is 0 Å². The number of aromatic nitrogens is 2. The number of fused-ring (bicyclic) bond motifs is 1. The molecular weight excluding hydrogens is 136 g/mol. The largest absolute Gasteiger partial charge is 0.248 e. The quantitative estimate of drug-likeness (QED) is 0.493. The molecule has 0 aliphatic carbocycles. The summed E-state index contributed by atoms with van der Waals surface area (Å²) in [6, 6.07) is 4.24. The zero-order valence-electron chi connectivity index (χ0n) is 6.78. The van der Waals surface area contributed by atoms with Crippen molar-refractivity contribution in [3.8, 4) is 0 Å². The fourth-order valence-corrected chi connectivity index (χ4v) is 1.29. The second kappa shape index (κ2) is 2.09. The van der Waals surface area contributed by atoms with Crippen LogP contribution in [-0.2, 0) is 7.05 Å². The molecule has 2 heterocycles. The third kappa shape index (κ3) is 1.00. The molecule has 0 aliphatic heterocycles. The predicted molar refractivity (Wildman–Crippen MR) is 43.3 cm³/mol. The molecule has 0 amide bonds. The first-order valence-electron chi connectivity index (χ1n) is 3.69. The third-order valence-electron chi connectivity index (χ3n) is 1.80. The molecule has 0 bridgehead atoms. The summed E-state index contributed by atoms with van der Waals surface area (Å²) in [7, 11) is 2.03. The van der Waals surface area contributed by atoms with Gasteiger partial charge in [0.05, 0.1) is 13.2 Å². The van der Waals surface area contributed by atoms with E-state index in [1.807, 2.05) is 7.05 Å². The minimum Gasteiger partial charge on any atom is -0.239 e. The molecule has 0 unspecified atom stereocenters. The molecule has 0 fully saturated rings. The van der Waals surface area contributed by atoms with E-state index in [1.54, 1.807) is 0 Å². The van der Waals surface area contributed by atoms with Crippen molar-refractivity contribution >= 4 is 5.52 Å². The van der Waals surface area contributed by atoms with E-state index in [0.29, 0.717) is 0 Å². The molecule has 0 saturated carbocycles. The van der Waals surface area contributed by atoms with Crippen molar-refractivity contribution < 1.29 is 4.57 Å². The molecule has 0 N–H and O–H groups in total. The first-order valence-corrected chi connectivity index (χ1v) is 3.69. The normalized spacial score (nSPS) is 10.7. The summed E-state index contributed by atoms with van der Waals surface area (Å²) in [5, 5.41) is 0. The van der Waals surface area contributed by atoms with Crippen LogP contribution in [0, 0.1) is 6.92 Å². The topological polar surface area (TPSA) is 8.29 Å². The first-order chi connectivity index (χ1) is 5.25. The van der Waals surface area contributed by atoms with E-state index in [9.17, 15) is 0 Å². The fourth-order valence-electron chi connectivity index (χ4n) is 1.29. The molecule has 11 heavy (non-hydrogen) atoms. The third-order valence-corrected chi connectivity index (χ3v) is 1.80. The lowest BCUT2D eigenvalue weighted by Crippen LogP contribution is -2.23. The van der Waals surface area contributed by atoms with Gasteiger partial charge in [0.1, 0.15) is 6.20 Å². The number of pyridine rings is 1. The molecule has 2 aromatic rings. The summed E-state index contributed by atoms with van der Waals surface area (Å²) in [6.45, 7) is 2.10. The Morgan fingerprint density at radius 1 is 1.36 bits per heavy atom. The van der Waals surface area contributed by atoms with Crippen molar-refractivity contribution in [3.05, 3.63) is 36.4 Å². The van der Waals surface area contributed by atoms with Gasteiger partial charge in [0, 0.05) is 0 Å². The number of aryl methyl sites for hydroxylation is 2. The van der Waals surface area contributed by atoms with Gasteiger partial charge >= 0.3 is 0 Å². The number of rotatable bonds is 0. The molecule has 0 atom stereocenters. The lowest BCUT2D eigenvalue weighted by molar-refractivity contribution is -0.670. The molecule has 2 heteroatoms. The molecule has 2 aromatic heterocycles. The molecule has 0 saturated heterocycles. The van der Waals surface area contributed by atoms with Crippen molar-refractivity contribution in [3.63, 3.8) is 0 Å². The molecule has 2 rings (SSSR count). The summed E-state index contributed by atoms with van der Waals surface area (Å²) < 4.78 is 4.17. The minimum atomic E-state index is 1.23. The van der Waals surface area contributed by atoms with E-state index in [4.69, 9.17) is 0 Å².